The Morgan fingerprint density at radius 2 is 1.93 bits per heavy atom. The first-order valence-corrected chi connectivity index (χ1v) is 15.3. The Kier molecular flexibility index (Phi) is 8.90. The molecule has 3 aliphatic heterocycles. The highest BCUT2D eigenvalue weighted by atomic mass is 35.5. The van der Waals surface area contributed by atoms with E-state index in [1.807, 2.05) is 0 Å². The Hall–Kier alpha value is -2.48. The number of rotatable bonds is 4. The fourth-order valence-corrected chi connectivity index (χ4v) is 7.20. The molecule has 226 valence electrons. The predicted molar refractivity (Wildman–Crippen MR) is 157 cm³/mol. The molecule has 1 aromatic carbocycles. The highest BCUT2D eigenvalue weighted by molar-refractivity contribution is 6.31. The molecule has 2 bridgehead atoms. The molecule has 0 amide bonds. The maximum Gasteiger partial charge on any atom is 0.307 e. The van der Waals surface area contributed by atoms with Gasteiger partial charge in [0.05, 0.1) is 29.9 Å². The molecule has 3 aromatic rings. The van der Waals surface area contributed by atoms with Crippen LogP contribution in [0.3, 0.4) is 0 Å². The summed E-state index contributed by atoms with van der Waals surface area (Å²) in [4.78, 5) is 18.5. The number of fused-ring (bicyclic) bond motifs is 4. The van der Waals surface area contributed by atoms with Crippen molar-refractivity contribution in [3.05, 3.63) is 57.3 Å². The molecule has 42 heavy (non-hydrogen) atoms. The Balaban J connectivity index is 1.33. The molecule has 10 nitrogen and oxygen atoms in total. The van der Waals surface area contributed by atoms with Gasteiger partial charge < -0.3 is 10.6 Å². The fraction of sp³-hybridized carbons (Fsp3) is 0.571. The van der Waals surface area contributed by atoms with Crippen LogP contribution in [0.5, 0.6) is 0 Å². The van der Waals surface area contributed by atoms with Crippen LogP contribution in [0.2, 0.25) is 10.2 Å². The molecular formula is C28H35Cl2F2N9O. The molecule has 0 aliphatic carbocycles. The summed E-state index contributed by atoms with van der Waals surface area (Å²) < 4.78 is 31.3. The average Bonchev–Trinajstić information content (AvgIpc) is 3.60. The van der Waals surface area contributed by atoms with E-state index in [-0.39, 0.29) is 40.8 Å². The molecule has 6 atom stereocenters. The summed E-state index contributed by atoms with van der Waals surface area (Å²) in [6.45, 7) is 1.56. The van der Waals surface area contributed by atoms with Crippen molar-refractivity contribution in [2.45, 2.75) is 69.7 Å². The maximum absolute atomic E-state index is 14.1. The van der Waals surface area contributed by atoms with E-state index in [0.717, 1.165) is 37.2 Å². The third-order valence-electron chi connectivity index (χ3n) is 8.93. The van der Waals surface area contributed by atoms with Crippen LogP contribution >= 0.6 is 23.2 Å². The van der Waals surface area contributed by atoms with E-state index in [0.29, 0.717) is 47.4 Å². The molecule has 0 spiro atoms. The summed E-state index contributed by atoms with van der Waals surface area (Å²) >= 11 is 12.3. The monoisotopic (exact) mass is 621 g/mol. The molecule has 0 saturated carbocycles. The number of hydrogen-bond acceptors (Lipinski definition) is 8. The average molecular weight is 623 g/mol. The predicted octanol–water partition coefficient (Wildman–Crippen LogP) is 3.90. The second-order valence-corrected chi connectivity index (χ2v) is 12.5. The standard InChI is InChI=1S/C28H35Cl2F2N9O/c1-16-3-2-4-24(21-9-17(7-8-33-21)27-22(34-12-16)13-36-41(27)28(31)32)39-15-35-20(11-26(39)42)19-10-18(29)5-6-23(19)40-14-25(30)37-38-40/h5-6,10-11,14-17,21-22,24,27-28,33-34,36H,2-4,7-9,12-13H2,1H3/t16-,17?,21?,22?,24-,27?/m0/s1. The van der Waals surface area contributed by atoms with E-state index in [1.54, 1.807) is 35.3 Å². The lowest BCUT2D eigenvalue weighted by atomic mass is 9.79. The summed E-state index contributed by atoms with van der Waals surface area (Å²) in [5, 5.41) is 17.0. The third kappa shape index (κ3) is 6.11. The Morgan fingerprint density at radius 1 is 1.07 bits per heavy atom. The van der Waals surface area contributed by atoms with Crippen molar-refractivity contribution in [2.24, 2.45) is 11.8 Å². The topological polar surface area (TPSA) is 105 Å². The second kappa shape index (κ2) is 12.6. The van der Waals surface area contributed by atoms with Crippen molar-refractivity contribution in [3.63, 3.8) is 0 Å². The zero-order chi connectivity index (χ0) is 29.4. The van der Waals surface area contributed by atoms with Crippen LogP contribution in [0.4, 0.5) is 8.78 Å². The van der Waals surface area contributed by atoms with Gasteiger partial charge in [-0.2, -0.15) is 13.8 Å². The molecule has 6 rings (SSSR count). The Labute approximate surface area is 252 Å². The van der Waals surface area contributed by atoms with Crippen molar-refractivity contribution in [2.75, 3.05) is 19.6 Å². The van der Waals surface area contributed by atoms with E-state index in [2.05, 4.69) is 33.3 Å². The quantitative estimate of drug-likeness (QED) is 0.377. The summed E-state index contributed by atoms with van der Waals surface area (Å²) in [7, 11) is 0. The molecule has 4 unspecified atom stereocenters. The molecule has 0 radical (unpaired) electrons. The number of nitrogens with zero attached hydrogens (tertiary/aromatic N) is 6. The second-order valence-electron chi connectivity index (χ2n) is 11.7. The van der Waals surface area contributed by atoms with Gasteiger partial charge in [0, 0.05) is 41.3 Å². The number of benzene rings is 1. The number of halogens is 4. The van der Waals surface area contributed by atoms with Crippen LogP contribution in [0.1, 0.15) is 45.1 Å². The number of hydrazine groups is 1. The van der Waals surface area contributed by atoms with Crippen molar-refractivity contribution in [1.82, 2.24) is 45.6 Å². The summed E-state index contributed by atoms with van der Waals surface area (Å²) in [5.41, 5.74) is 4.47. The van der Waals surface area contributed by atoms with Crippen LogP contribution in [0.25, 0.3) is 16.9 Å². The SMILES string of the molecule is C[C@H]1CCC[C@H](n2cnc(-c3cc(Cl)ccc3-n3cc(Cl)nn3)cc2=O)C2CC(CCN2)C2C(CNN2C(F)F)NC1. The number of nitrogens with one attached hydrogen (secondary N) is 3. The lowest BCUT2D eigenvalue weighted by molar-refractivity contribution is -0.0841. The fourth-order valence-electron chi connectivity index (χ4n) is 6.90. The van der Waals surface area contributed by atoms with Gasteiger partial charge in [-0.15, -0.1) is 5.10 Å². The van der Waals surface area contributed by atoms with Gasteiger partial charge in [-0.25, -0.2) is 15.1 Å². The zero-order valence-electron chi connectivity index (χ0n) is 23.3. The van der Waals surface area contributed by atoms with Gasteiger partial charge in [0.1, 0.15) is 0 Å². The molecule has 2 aromatic heterocycles. The molecule has 3 aliphatic rings. The van der Waals surface area contributed by atoms with Crippen LogP contribution in [0.15, 0.2) is 41.6 Å². The molecule has 5 heterocycles. The molecular weight excluding hydrogens is 587 g/mol. The van der Waals surface area contributed by atoms with Gasteiger partial charge in [0.2, 0.25) is 0 Å². The first-order valence-electron chi connectivity index (χ1n) is 14.5. The van der Waals surface area contributed by atoms with Crippen molar-refractivity contribution >= 4 is 23.2 Å². The summed E-state index contributed by atoms with van der Waals surface area (Å²) in [6, 6.07) is 6.15. The van der Waals surface area contributed by atoms with Crippen LogP contribution in [0, 0.1) is 11.8 Å². The lowest BCUT2D eigenvalue weighted by Crippen LogP contribution is -2.56. The minimum absolute atomic E-state index is 0.0430. The van der Waals surface area contributed by atoms with Crippen LogP contribution < -0.4 is 21.6 Å². The van der Waals surface area contributed by atoms with E-state index in [1.165, 1.54) is 10.7 Å². The number of hydrogen-bond donors (Lipinski definition) is 3. The summed E-state index contributed by atoms with van der Waals surface area (Å²) in [5.74, 6) is 0.421. The first-order chi connectivity index (χ1) is 20.3. The van der Waals surface area contributed by atoms with Crippen molar-refractivity contribution in [3.8, 4) is 16.9 Å². The van der Waals surface area contributed by atoms with Gasteiger partial charge in [-0.3, -0.25) is 9.36 Å². The van der Waals surface area contributed by atoms with Gasteiger partial charge in [0.15, 0.2) is 5.15 Å². The van der Waals surface area contributed by atoms with Gasteiger partial charge >= 0.3 is 6.55 Å². The first kappa shape index (κ1) is 29.6. The van der Waals surface area contributed by atoms with Gasteiger partial charge in [-0.05, 0) is 68.8 Å². The van der Waals surface area contributed by atoms with E-state index >= 15 is 0 Å². The summed E-state index contributed by atoms with van der Waals surface area (Å²) in [6.07, 6.45) is 7.34. The van der Waals surface area contributed by atoms with Crippen molar-refractivity contribution < 1.29 is 8.78 Å². The molecule has 3 fully saturated rings. The highest BCUT2D eigenvalue weighted by Gasteiger charge is 2.45. The molecule has 14 heteroatoms. The smallest absolute Gasteiger partial charge is 0.307 e. The zero-order valence-corrected chi connectivity index (χ0v) is 24.8. The van der Waals surface area contributed by atoms with Gasteiger partial charge in [0.25, 0.3) is 5.56 Å². The van der Waals surface area contributed by atoms with Crippen LogP contribution in [-0.4, -0.2) is 73.9 Å². The number of piperidine rings is 1. The van der Waals surface area contributed by atoms with E-state index in [4.69, 9.17) is 28.2 Å². The lowest BCUT2D eigenvalue weighted by Gasteiger charge is -2.42. The Bertz CT molecular complexity index is 1450. The minimum Gasteiger partial charge on any atom is -0.312 e. The number of alkyl halides is 2. The van der Waals surface area contributed by atoms with Gasteiger partial charge in [-0.1, -0.05) is 41.8 Å². The minimum atomic E-state index is -2.58. The van der Waals surface area contributed by atoms with Crippen LogP contribution in [-0.2, 0) is 0 Å². The molecule has 3 N–H and O–H groups in total. The maximum atomic E-state index is 14.1. The highest BCUT2D eigenvalue weighted by Crippen LogP contribution is 2.35. The van der Waals surface area contributed by atoms with Crippen molar-refractivity contribution in [1.29, 1.82) is 0 Å². The number of aromatic nitrogens is 5. The normalized spacial score (nSPS) is 29.2. The molecule has 3 saturated heterocycles. The Morgan fingerprint density at radius 3 is 2.69 bits per heavy atom. The largest absolute Gasteiger partial charge is 0.312 e. The van der Waals surface area contributed by atoms with E-state index < -0.39 is 6.55 Å². The van der Waals surface area contributed by atoms with E-state index in [9.17, 15) is 13.6 Å². The third-order valence-corrected chi connectivity index (χ3v) is 9.34.